The lowest BCUT2D eigenvalue weighted by atomic mass is 9.81. The number of amides is 3. The summed E-state index contributed by atoms with van der Waals surface area (Å²) in [4.78, 5) is 74.2. The minimum Gasteiger partial charge on any atom is -0.292 e. The highest BCUT2D eigenvalue weighted by Gasteiger charge is 2.54. The fraction of sp³-hybridized carbons (Fsp3) is 0.304. The van der Waals surface area contributed by atoms with Crippen LogP contribution in [0.1, 0.15) is 33.6 Å². The molecule has 2 aromatic rings. The van der Waals surface area contributed by atoms with Gasteiger partial charge in [-0.05, 0) is 18.9 Å². The van der Waals surface area contributed by atoms with Crippen LogP contribution in [-0.2, 0) is 9.59 Å². The Hall–Kier alpha value is -3.52. The third-order valence-corrected chi connectivity index (χ3v) is 9.07. The number of hydrogen-bond acceptors (Lipinski definition) is 8. The van der Waals surface area contributed by atoms with Gasteiger partial charge in [0.2, 0.25) is 0 Å². The van der Waals surface area contributed by atoms with Gasteiger partial charge in [0.1, 0.15) is 6.54 Å². The number of nitro groups is 2. The number of Topliss-reactive ketones (excluding diaryl/α,β-unsaturated/α-hetero) is 1. The molecule has 1 aliphatic heterocycles. The van der Waals surface area contributed by atoms with Crippen LogP contribution >= 0.6 is 31.9 Å². The SMILES string of the molecule is O=C(CN(C(=O)c1cccc([N+](=O)[O-])c1)N1C(=O)[C@H]2C[C@H](Br)[C@@H](Br)C[C@H]2C1=O)c1cccc([N+](=O)[O-])c1. The Kier molecular flexibility index (Phi) is 7.50. The van der Waals surface area contributed by atoms with Crippen LogP contribution in [0.5, 0.6) is 0 Å². The summed E-state index contributed by atoms with van der Waals surface area (Å²) >= 11 is 6.98. The third kappa shape index (κ3) is 5.16. The molecule has 2 aromatic carbocycles. The van der Waals surface area contributed by atoms with Gasteiger partial charge in [0.15, 0.2) is 5.78 Å². The molecule has 3 amide bonds. The molecule has 0 spiro atoms. The van der Waals surface area contributed by atoms with E-state index in [9.17, 15) is 39.4 Å². The first kappa shape index (κ1) is 26.5. The number of benzene rings is 2. The van der Waals surface area contributed by atoms with Gasteiger partial charge >= 0.3 is 0 Å². The Morgan fingerprint density at radius 1 is 0.865 bits per heavy atom. The fourth-order valence-electron chi connectivity index (χ4n) is 4.47. The molecule has 0 radical (unpaired) electrons. The Labute approximate surface area is 226 Å². The molecule has 37 heavy (non-hydrogen) atoms. The number of ketones is 1. The monoisotopic (exact) mass is 636 g/mol. The number of non-ortho nitro benzene ring substituents is 2. The van der Waals surface area contributed by atoms with Gasteiger partial charge in [-0.3, -0.25) is 39.4 Å². The molecule has 4 rings (SSSR count). The molecule has 4 atom stereocenters. The van der Waals surface area contributed by atoms with Crippen molar-refractivity contribution in [1.29, 1.82) is 0 Å². The first-order valence-corrected chi connectivity index (χ1v) is 12.8. The lowest BCUT2D eigenvalue weighted by Gasteiger charge is -2.30. The number of carbonyl (C=O) groups is 4. The molecule has 12 nitrogen and oxygen atoms in total. The number of carbonyl (C=O) groups excluding carboxylic acids is 4. The van der Waals surface area contributed by atoms with Crippen molar-refractivity contribution in [2.24, 2.45) is 11.8 Å². The van der Waals surface area contributed by atoms with Crippen LogP contribution in [0.15, 0.2) is 48.5 Å². The number of imide groups is 1. The van der Waals surface area contributed by atoms with Gasteiger partial charge in [-0.25, -0.2) is 5.01 Å². The summed E-state index contributed by atoms with van der Waals surface area (Å²) in [5.74, 6) is -4.52. The largest absolute Gasteiger partial charge is 0.292 e. The van der Waals surface area contributed by atoms with E-state index in [1.807, 2.05) is 0 Å². The summed E-state index contributed by atoms with van der Waals surface area (Å²) in [6.07, 6.45) is 0.638. The Bertz CT molecular complexity index is 1310. The van der Waals surface area contributed by atoms with Gasteiger partial charge < -0.3 is 0 Å². The average molecular weight is 638 g/mol. The van der Waals surface area contributed by atoms with Crippen molar-refractivity contribution in [3.05, 3.63) is 79.9 Å². The van der Waals surface area contributed by atoms with Crippen molar-refractivity contribution in [2.45, 2.75) is 22.5 Å². The number of alkyl halides is 2. The lowest BCUT2D eigenvalue weighted by molar-refractivity contribution is -0.385. The van der Waals surface area contributed by atoms with E-state index in [4.69, 9.17) is 0 Å². The molecule has 0 aromatic heterocycles. The summed E-state index contributed by atoms with van der Waals surface area (Å²) in [7, 11) is 0. The predicted octanol–water partition coefficient (Wildman–Crippen LogP) is 3.67. The van der Waals surface area contributed by atoms with Crippen molar-refractivity contribution in [1.82, 2.24) is 10.0 Å². The van der Waals surface area contributed by atoms with E-state index in [0.717, 1.165) is 12.1 Å². The van der Waals surface area contributed by atoms with Gasteiger partial charge in [-0.2, -0.15) is 5.01 Å². The van der Waals surface area contributed by atoms with E-state index in [2.05, 4.69) is 31.9 Å². The normalized spacial score (nSPS) is 22.9. The molecular weight excluding hydrogens is 620 g/mol. The zero-order chi connectivity index (χ0) is 27.0. The van der Waals surface area contributed by atoms with Crippen LogP contribution in [0.25, 0.3) is 0 Å². The van der Waals surface area contributed by atoms with Crippen LogP contribution in [0, 0.1) is 32.1 Å². The Balaban J connectivity index is 1.73. The highest BCUT2D eigenvalue weighted by molar-refractivity contribution is 9.12. The standard InChI is InChI=1S/C23H18Br2N4O8/c24-18-9-16-17(10-19(18)25)23(33)27(22(16)32)26(21(31)13-4-2-6-15(8-13)29(36)37)11-20(30)12-3-1-5-14(7-12)28(34)35/h1-8,16-19H,9-11H2/t16-,17+,18-,19-/m0/s1. The molecule has 1 heterocycles. The molecule has 2 fully saturated rings. The van der Waals surface area contributed by atoms with E-state index in [-0.39, 0.29) is 26.5 Å². The first-order valence-electron chi connectivity index (χ1n) is 11.0. The summed E-state index contributed by atoms with van der Waals surface area (Å²) in [6, 6.07) is 9.50. The van der Waals surface area contributed by atoms with Crippen molar-refractivity contribution < 1.29 is 29.0 Å². The molecule has 2 aliphatic rings. The zero-order valence-corrected chi connectivity index (χ0v) is 22.0. The molecule has 14 heteroatoms. The van der Waals surface area contributed by atoms with E-state index >= 15 is 0 Å². The summed E-state index contributed by atoms with van der Waals surface area (Å²) in [5, 5.41) is 23.7. The molecule has 0 N–H and O–H groups in total. The van der Waals surface area contributed by atoms with Crippen molar-refractivity contribution in [3.63, 3.8) is 0 Å². The van der Waals surface area contributed by atoms with Gasteiger partial charge in [-0.15, -0.1) is 0 Å². The quantitative estimate of drug-likeness (QED) is 0.146. The molecule has 192 valence electrons. The van der Waals surface area contributed by atoms with Gasteiger partial charge in [0.05, 0.1) is 21.7 Å². The average Bonchev–Trinajstić information content (AvgIpc) is 3.11. The topological polar surface area (TPSA) is 161 Å². The number of halogens is 2. The first-order chi connectivity index (χ1) is 17.5. The second-order valence-electron chi connectivity index (χ2n) is 8.61. The molecule has 1 saturated carbocycles. The second kappa shape index (κ2) is 10.5. The number of hydrogen-bond donors (Lipinski definition) is 0. The Morgan fingerprint density at radius 3 is 1.81 bits per heavy atom. The lowest BCUT2D eigenvalue weighted by Crippen LogP contribution is -2.52. The van der Waals surface area contributed by atoms with Crippen LogP contribution in [0.3, 0.4) is 0 Å². The summed E-state index contributed by atoms with van der Waals surface area (Å²) < 4.78 is 0. The van der Waals surface area contributed by atoms with Gasteiger partial charge in [0, 0.05) is 45.0 Å². The molecule has 1 saturated heterocycles. The van der Waals surface area contributed by atoms with Crippen molar-refractivity contribution in [2.75, 3.05) is 6.54 Å². The maximum absolute atomic E-state index is 13.6. The Morgan fingerprint density at radius 2 is 1.32 bits per heavy atom. The summed E-state index contributed by atoms with van der Waals surface area (Å²) in [5.41, 5.74) is -1.07. The zero-order valence-electron chi connectivity index (χ0n) is 18.9. The van der Waals surface area contributed by atoms with Gasteiger partial charge in [0.25, 0.3) is 29.1 Å². The van der Waals surface area contributed by atoms with E-state index < -0.39 is 57.4 Å². The minimum absolute atomic E-state index is 0.0992. The van der Waals surface area contributed by atoms with Crippen molar-refractivity contribution in [3.8, 4) is 0 Å². The van der Waals surface area contributed by atoms with Crippen LogP contribution in [0.4, 0.5) is 11.4 Å². The van der Waals surface area contributed by atoms with Crippen molar-refractivity contribution >= 4 is 66.7 Å². The number of nitro benzene ring substituents is 2. The predicted molar refractivity (Wildman–Crippen MR) is 135 cm³/mol. The van der Waals surface area contributed by atoms with Crippen LogP contribution in [0.2, 0.25) is 0 Å². The van der Waals surface area contributed by atoms with Gasteiger partial charge in [-0.1, -0.05) is 50.1 Å². The van der Waals surface area contributed by atoms with E-state index in [1.54, 1.807) is 0 Å². The number of hydrazine groups is 1. The van der Waals surface area contributed by atoms with Crippen LogP contribution < -0.4 is 0 Å². The highest BCUT2D eigenvalue weighted by atomic mass is 79.9. The minimum atomic E-state index is -0.978. The third-order valence-electron chi connectivity index (χ3n) is 6.34. The fourth-order valence-corrected chi connectivity index (χ4v) is 5.71. The number of nitrogens with zero attached hydrogens (tertiary/aromatic N) is 4. The molecule has 0 unspecified atom stereocenters. The van der Waals surface area contributed by atoms with Crippen LogP contribution in [-0.4, -0.2) is 59.6 Å². The maximum atomic E-state index is 13.6. The second-order valence-corrected chi connectivity index (χ2v) is 11.0. The smallest absolute Gasteiger partial charge is 0.273 e. The summed E-state index contributed by atoms with van der Waals surface area (Å²) in [6.45, 7) is -0.797. The maximum Gasteiger partial charge on any atom is 0.273 e. The molecule has 0 bridgehead atoms. The molecular formula is C23H18Br2N4O8. The number of rotatable bonds is 7. The number of fused-ring (bicyclic) bond motifs is 1. The van der Waals surface area contributed by atoms with E-state index in [0.29, 0.717) is 22.9 Å². The van der Waals surface area contributed by atoms with E-state index in [1.165, 1.54) is 36.4 Å². The molecule has 1 aliphatic carbocycles. The highest BCUT2D eigenvalue weighted by Crippen LogP contribution is 2.43.